The topological polar surface area (TPSA) is 70.2 Å². The van der Waals surface area contributed by atoms with Gasteiger partial charge in [-0.3, -0.25) is 9.59 Å². The quantitative estimate of drug-likeness (QED) is 0.814. The Hall–Kier alpha value is -2.10. The van der Waals surface area contributed by atoms with Gasteiger partial charge < -0.3 is 10.1 Å². The average Bonchev–Trinajstić information content (AvgIpc) is 2.64. The van der Waals surface area contributed by atoms with Crippen LogP contribution >= 0.6 is 0 Å². The van der Waals surface area contributed by atoms with Crippen molar-refractivity contribution in [2.45, 2.75) is 20.3 Å². The molecule has 4 nitrogen and oxygen atoms in total. The van der Waals surface area contributed by atoms with Crippen molar-refractivity contribution in [3.63, 3.8) is 0 Å². The third kappa shape index (κ3) is 2.14. The number of rotatable bonds is 4. The summed E-state index contributed by atoms with van der Waals surface area (Å²) in [6, 6.07) is 7.54. The molecule has 0 radical (unpaired) electrons. The lowest BCUT2D eigenvalue weighted by molar-refractivity contribution is -0.141. The second kappa shape index (κ2) is 4.64. The molecule has 0 spiro atoms. The van der Waals surface area contributed by atoms with Crippen LogP contribution in [0.25, 0.3) is 10.9 Å². The summed E-state index contributed by atoms with van der Waals surface area (Å²) in [6.45, 7) is 3.38. The minimum Gasteiger partial charge on any atom is -0.481 e. The van der Waals surface area contributed by atoms with Gasteiger partial charge in [0.15, 0.2) is 5.78 Å². The number of para-hydroxylation sites is 1. The van der Waals surface area contributed by atoms with Crippen LogP contribution in [-0.2, 0) is 4.79 Å². The molecule has 2 aromatic rings. The van der Waals surface area contributed by atoms with Crippen LogP contribution in [0, 0.1) is 12.8 Å². The fourth-order valence-electron chi connectivity index (χ4n) is 2.10. The molecule has 1 aromatic carbocycles. The van der Waals surface area contributed by atoms with Gasteiger partial charge in [-0.2, -0.15) is 0 Å². The van der Waals surface area contributed by atoms with Crippen LogP contribution in [0.5, 0.6) is 0 Å². The fraction of sp³-hybridized carbons (Fsp3) is 0.286. The van der Waals surface area contributed by atoms with E-state index in [0.29, 0.717) is 5.56 Å². The zero-order valence-electron chi connectivity index (χ0n) is 10.4. The number of nitrogens with one attached hydrogen (secondary N) is 1. The molecule has 2 rings (SSSR count). The molecule has 0 saturated carbocycles. The number of H-pyrrole nitrogens is 1. The molecule has 4 heteroatoms. The molecule has 1 aromatic heterocycles. The molecule has 0 aliphatic heterocycles. The van der Waals surface area contributed by atoms with Crippen molar-refractivity contribution in [3.8, 4) is 0 Å². The number of Topliss-reactive ketones (excluding diaryl/α,β-unsaturated/α-hetero) is 1. The van der Waals surface area contributed by atoms with Crippen molar-refractivity contribution in [2.24, 2.45) is 5.92 Å². The van der Waals surface area contributed by atoms with E-state index >= 15 is 0 Å². The molecule has 0 fully saturated rings. The smallest absolute Gasteiger partial charge is 0.306 e. The van der Waals surface area contributed by atoms with Crippen LogP contribution in [0.15, 0.2) is 24.3 Å². The maximum absolute atomic E-state index is 12.2. The first-order valence-corrected chi connectivity index (χ1v) is 5.84. The van der Waals surface area contributed by atoms with Gasteiger partial charge in [0.1, 0.15) is 0 Å². The molecule has 2 N–H and O–H groups in total. The first kappa shape index (κ1) is 12.4. The number of carboxylic acids is 1. The summed E-state index contributed by atoms with van der Waals surface area (Å²) in [5.74, 6) is -1.73. The van der Waals surface area contributed by atoms with Gasteiger partial charge in [0.25, 0.3) is 0 Å². The number of aliphatic carboxylic acids is 1. The van der Waals surface area contributed by atoms with E-state index in [1.165, 1.54) is 0 Å². The molecule has 18 heavy (non-hydrogen) atoms. The Morgan fingerprint density at radius 3 is 2.67 bits per heavy atom. The molecule has 0 amide bonds. The highest BCUT2D eigenvalue weighted by Crippen LogP contribution is 2.24. The first-order valence-electron chi connectivity index (χ1n) is 5.84. The Bertz CT molecular complexity index is 613. The highest BCUT2D eigenvalue weighted by atomic mass is 16.4. The van der Waals surface area contributed by atoms with Gasteiger partial charge in [0, 0.05) is 28.6 Å². The monoisotopic (exact) mass is 245 g/mol. The zero-order valence-corrected chi connectivity index (χ0v) is 10.4. The van der Waals surface area contributed by atoms with Gasteiger partial charge in [-0.1, -0.05) is 25.1 Å². The summed E-state index contributed by atoms with van der Waals surface area (Å²) < 4.78 is 0. The second-order valence-electron chi connectivity index (χ2n) is 4.54. The zero-order chi connectivity index (χ0) is 13.3. The number of ketones is 1. The lowest BCUT2D eigenvalue weighted by Gasteiger charge is -2.05. The lowest BCUT2D eigenvalue weighted by Crippen LogP contribution is -2.15. The highest BCUT2D eigenvalue weighted by molar-refractivity contribution is 6.09. The van der Waals surface area contributed by atoms with E-state index in [0.717, 1.165) is 16.6 Å². The van der Waals surface area contributed by atoms with E-state index in [-0.39, 0.29) is 12.2 Å². The number of benzene rings is 1. The van der Waals surface area contributed by atoms with Crippen LogP contribution in [-0.4, -0.2) is 21.8 Å². The summed E-state index contributed by atoms with van der Waals surface area (Å²) in [5, 5.41) is 9.71. The van der Waals surface area contributed by atoms with Gasteiger partial charge in [-0.05, 0) is 13.0 Å². The maximum atomic E-state index is 12.2. The Kier molecular flexibility index (Phi) is 3.19. The van der Waals surface area contributed by atoms with Gasteiger partial charge in [-0.15, -0.1) is 0 Å². The van der Waals surface area contributed by atoms with E-state index in [2.05, 4.69) is 4.98 Å². The highest BCUT2D eigenvalue weighted by Gasteiger charge is 2.21. The Morgan fingerprint density at radius 1 is 1.33 bits per heavy atom. The number of carbonyl (C=O) groups excluding carboxylic acids is 1. The predicted octanol–water partition coefficient (Wildman–Crippen LogP) is 2.77. The summed E-state index contributed by atoms with van der Waals surface area (Å²) in [6.07, 6.45) is 0.0258. The molecule has 0 aliphatic carbocycles. The molecule has 1 unspecified atom stereocenters. The number of aromatic nitrogens is 1. The number of aryl methyl sites for hydroxylation is 1. The largest absolute Gasteiger partial charge is 0.481 e. The van der Waals surface area contributed by atoms with Crippen molar-refractivity contribution < 1.29 is 14.7 Å². The minimum atomic E-state index is -0.944. The Balaban J connectivity index is 2.39. The van der Waals surface area contributed by atoms with Gasteiger partial charge in [-0.25, -0.2) is 0 Å². The molecule has 94 valence electrons. The number of aromatic amines is 1. The number of carbonyl (C=O) groups is 2. The van der Waals surface area contributed by atoms with Crippen LogP contribution < -0.4 is 0 Å². The number of fused-ring (bicyclic) bond motifs is 1. The Morgan fingerprint density at radius 2 is 2.00 bits per heavy atom. The van der Waals surface area contributed by atoms with Gasteiger partial charge >= 0.3 is 5.97 Å². The normalized spacial score (nSPS) is 12.6. The van der Waals surface area contributed by atoms with Crippen LogP contribution in [0.3, 0.4) is 0 Å². The van der Waals surface area contributed by atoms with E-state index < -0.39 is 11.9 Å². The average molecular weight is 245 g/mol. The van der Waals surface area contributed by atoms with E-state index in [1.54, 1.807) is 6.92 Å². The summed E-state index contributed by atoms with van der Waals surface area (Å²) >= 11 is 0. The van der Waals surface area contributed by atoms with Crippen molar-refractivity contribution in [3.05, 3.63) is 35.5 Å². The standard InChI is InChI=1S/C14H15NO3/c1-8(14(17)18)7-12(16)13-9(2)15-11-6-4-3-5-10(11)13/h3-6,8,15H,7H2,1-2H3,(H,17,18). The van der Waals surface area contributed by atoms with E-state index in [1.807, 2.05) is 31.2 Å². The molecule has 0 saturated heterocycles. The van der Waals surface area contributed by atoms with Crippen molar-refractivity contribution in [2.75, 3.05) is 0 Å². The van der Waals surface area contributed by atoms with Crippen molar-refractivity contribution in [1.82, 2.24) is 4.98 Å². The van der Waals surface area contributed by atoms with Crippen LogP contribution in [0.1, 0.15) is 29.4 Å². The third-order valence-electron chi connectivity index (χ3n) is 3.09. The predicted molar refractivity (Wildman–Crippen MR) is 68.8 cm³/mol. The number of carboxylic acid groups (broad SMARTS) is 1. The van der Waals surface area contributed by atoms with Gasteiger partial charge in [0.05, 0.1) is 5.92 Å². The van der Waals surface area contributed by atoms with Crippen LogP contribution in [0.4, 0.5) is 0 Å². The number of hydrogen-bond donors (Lipinski definition) is 2. The summed E-state index contributed by atoms with van der Waals surface area (Å²) in [5.41, 5.74) is 2.30. The molecular weight excluding hydrogens is 230 g/mol. The van der Waals surface area contributed by atoms with Crippen molar-refractivity contribution in [1.29, 1.82) is 0 Å². The fourth-order valence-corrected chi connectivity index (χ4v) is 2.10. The van der Waals surface area contributed by atoms with Crippen molar-refractivity contribution >= 4 is 22.7 Å². The van der Waals surface area contributed by atoms with Gasteiger partial charge in [0.2, 0.25) is 0 Å². The van der Waals surface area contributed by atoms with E-state index in [9.17, 15) is 9.59 Å². The summed E-state index contributed by atoms with van der Waals surface area (Å²) in [7, 11) is 0. The maximum Gasteiger partial charge on any atom is 0.306 e. The lowest BCUT2D eigenvalue weighted by atomic mass is 9.98. The summed E-state index contributed by atoms with van der Waals surface area (Å²) in [4.78, 5) is 26.1. The molecule has 1 atom stereocenters. The van der Waals surface area contributed by atoms with E-state index in [4.69, 9.17) is 5.11 Å². The minimum absolute atomic E-state index is 0.0258. The number of hydrogen-bond acceptors (Lipinski definition) is 2. The first-order chi connectivity index (χ1) is 8.50. The molecule has 0 aliphatic rings. The SMILES string of the molecule is Cc1[nH]c2ccccc2c1C(=O)CC(C)C(=O)O. The molecular formula is C14H15NO3. The third-order valence-corrected chi connectivity index (χ3v) is 3.09. The van der Waals surface area contributed by atoms with Crippen LogP contribution in [0.2, 0.25) is 0 Å². The Labute approximate surface area is 105 Å². The molecule has 0 bridgehead atoms. The second-order valence-corrected chi connectivity index (χ2v) is 4.54. The molecule has 1 heterocycles.